The highest BCUT2D eigenvalue weighted by molar-refractivity contribution is 6.67. The van der Waals surface area contributed by atoms with Crippen LogP contribution in [0.1, 0.15) is 74.6 Å². The van der Waals surface area contributed by atoms with Gasteiger partial charge in [-0.25, -0.2) is 0 Å². The van der Waals surface area contributed by atoms with E-state index in [2.05, 4.69) is 5.32 Å². The molecule has 2 aliphatic carbocycles. The fourth-order valence-corrected chi connectivity index (χ4v) is 5.39. The van der Waals surface area contributed by atoms with Gasteiger partial charge in [0, 0.05) is 33.6 Å². The Morgan fingerprint density at radius 3 is 1.55 bits per heavy atom. The van der Waals surface area contributed by atoms with Gasteiger partial charge in [-0.1, -0.05) is 71.7 Å². The summed E-state index contributed by atoms with van der Waals surface area (Å²) in [5.41, 5.74) is 0.756. The maximum absolute atomic E-state index is 13.0. The Hall–Kier alpha value is -4.12. The van der Waals surface area contributed by atoms with E-state index in [0.29, 0.717) is 22.9 Å². The van der Waals surface area contributed by atoms with Crippen molar-refractivity contribution in [2.45, 2.75) is 44.0 Å². The molecule has 1 amide bonds. The molecule has 0 heterocycles. The third-order valence-electron chi connectivity index (χ3n) is 7.71. The smallest absolute Gasteiger partial charge is 0.325 e. The zero-order valence-corrected chi connectivity index (χ0v) is 27.5. The molecular weight excluding hydrogens is 715 g/mol. The molecule has 1 fully saturated rings. The third kappa shape index (κ3) is 9.97. The Morgan fingerprint density at radius 2 is 1.14 bits per heavy atom. The van der Waals surface area contributed by atoms with E-state index in [4.69, 9.17) is 34.8 Å². The summed E-state index contributed by atoms with van der Waals surface area (Å²) >= 11 is 16.6. The highest BCUT2D eigenvalue weighted by atomic mass is 35.5. The van der Waals surface area contributed by atoms with Gasteiger partial charge in [0.15, 0.2) is 0 Å². The van der Waals surface area contributed by atoms with Crippen molar-refractivity contribution in [3.8, 4) is 0 Å². The molecule has 256 valence electrons. The van der Waals surface area contributed by atoms with E-state index in [-0.39, 0.29) is 11.5 Å². The molecule has 4 aromatic rings. The second kappa shape index (κ2) is 16.1. The van der Waals surface area contributed by atoms with Gasteiger partial charge in [0.2, 0.25) is 0 Å². The van der Waals surface area contributed by atoms with Gasteiger partial charge < -0.3 is 5.32 Å². The number of carbonyl (C=O) groups is 3. The highest BCUT2D eigenvalue weighted by Crippen LogP contribution is 2.37. The van der Waals surface area contributed by atoms with Crippen LogP contribution in [0, 0.1) is 0 Å². The van der Waals surface area contributed by atoms with Gasteiger partial charge in [0.05, 0.1) is 16.7 Å². The van der Waals surface area contributed by atoms with Crippen LogP contribution in [0.5, 0.6) is 0 Å². The van der Waals surface area contributed by atoms with E-state index in [1.165, 1.54) is 30.3 Å². The molecular formula is C36H26Cl3F6NO3. The highest BCUT2D eigenvalue weighted by Gasteiger charge is 2.36. The normalized spacial score (nSPS) is 15.4. The van der Waals surface area contributed by atoms with Crippen molar-refractivity contribution in [1.82, 2.24) is 5.32 Å². The number of carbonyl (C=O) groups excluding carboxylic acids is 3. The van der Waals surface area contributed by atoms with Gasteiger partial charge in [0.1, 0.15) is 5.78 Å². The number of allylic oxidation sites excluding steroid dienone is 2. The van der Waals surface area contributed by atoms with Crippen molar-refractivity contribution in [3.05, 3.63) is 146 Å². The third-order valence-corrected chi connectivity index (χ3v) is 8.42. The van der Waals surface area contributed by atoms with E-state index >= 15 is 0 Å². The van der Waals surface area contributed by atoms with Crippen LogP contribution in [-0.2, 0) is 17.1 Å². The molecule has 0 bridgehead atoms. The minimum atomic E-state index is -4.57. The van der Waals surface area contributed by atoms with Crippen LogP contribution >= 0.6 is 34.8 Å². The molecule has 6 rings (SSSR count). The average Bonchev–Trinajstić information content (AvgIpc) is 3.04. The van der Waals surface area contributed by atoms with Crippen molar-refractivity contribution < 1.29 is 40.7 Å². The van der Waals surface area contributed by atoms with Crippen LogP contribution in [0.3, 0.4) is 0 Å². The van der Waals surface area contributed by atoms with E-state index in [1.807, 2.05) is 36.4 Å². The van der Waals surface area contributed by atoms with Gasteiger partial charge in [0.25, 0.3) is 11.1 Å². The zero-order chi connectivity index (χ0) is 35.9. The lowest BCUT2D eigenvalue weighted by Crippen LogP contribution is -2.29. The Bertz CT molecular complexity index is 1850. The first-order valence-corrected chi connectivity index (χ1v) is 15.8. The number of halogens is 9. The van der Waals surface area contributed by atoms with E-state index in [0.717, 1.165) is 59.2 Å². The Kier molecular flexibility index (Phi) is 12.4. The van der Waals surface area contributed by atoms with Crippen LogP contribution in [0.25, 0.3) is 5.57 Å². The lowest BCUT2D eigenvalue weighted by atomic mass is 9.79. The van der Waals surface area contributed by atoms with Crippen molar-refractivity contribution in [2.24, 2.45) is 0 Å². The molecule has 49 heavy (non-hydrogen) atoms. The number of rotatable bonds is 5. The number of nitrogens with one attached hydrogen (secondary N) is 1. The van der Waals surface area contributed by atoms with Crippen molar-refractivity contribution in [3.63, 3.8) is 0 Å². The SMILES string of the molecule is O=C(Cl)c1ccccc1C(F)(F)F.O=C(NC1=C(c2ccc(Cl)cc2)CC1)c1ccccc1C(F)(F)F.O=C1CCC1c1ccc(Cl)cc1. The number of ketones is 1. The summed E-state index contributed by atoms with van der Waals surface area (Å²) in [6, 6.07) is 23.8. The molecule has 0 saturated heterocycles. The summed E-state index contributed by atoms with van der Waals surface area (Å²) in [7, 11) is 0. The lowest BCUT2D eigenvalue weighted by molar-refractivity contribution is -0.138. The molecule has 1 saturated carbocycles. The van der Waals surface area contributed by atoms with Gasteiger partial charge in [-0.15, -0.1) is 0 Å². The van der Waals surface area contributed by atoms with Crippen molar-refractivity contribution >= 4 is 57.3 Å². The fraction of sp³-hybridized carbons (Fsp3) is 0.194. The molecule has 2 aliphatic rings. The number of hydrogen-bond donors (Lipinski definition) is 1. The summed E-state index contributed by atoms with van der Waals surface area (Å²) in [6.07, 6.45) is -5.98. The predicted molar refractivity (Wildman–Crippen MR) is 177 cm³/mol. The summed E-state index contributed by atoms with van der Waals surface area (Å²) in [5, 5.41) is 2.84. The van der Waals surface area contributed by atoms with Gasteiger partial charge in [-0.3, -0.25) is 14.4 Å². The van der Waals surface area contributed by atoms with Crippen molar-refractivity contribution in [1.29, 1.82) is 0 Å². The molecule has 0 radical (unpaired) electrons. The number of Topliss-reactive ketones (excluding diaryl/α,β-unsaturated/α-hetero) is 1. The minimum Gasteiger partial charge on any atom is -0.325 e. The molecule has 0 aliphatic heterocycles. The number of hydrogen-bond acceptors (Lipinski definition) is 3. The summed E-state index contributed by atoms with van der Waals surface area (Å²) in [5.74, 6) is -0.233. The molecule has 4 aromatic carbocycles. The Balaban J connectivity index is 0.000000182. The molecule has 0 spiro atoms. The van der Waals surface area contributed by atoms with Gasteiger partial charge in [-0.2, -0.15) is 26.3 Å². The van der Waals surface area contributed by atoms with Crippen LogP contribution in [-0.4, -0.2) is 16.9 Å². The van der Waals surface area contributed by atoms with Crippen LogP contribution in [0.15, 0.2) is 103 Å². The lowest BCUT2D eigenvalue weighted by Gasteiger charge is -2.25. The number of benzene rings is 4. The Morgan fingerprint density at radius 1 is 0.653 bits per heavy atom. The predicted octanol–water partition coefficient (Wildman–Crippen LogP) is 11.2. The molecule has 1 unspecified atom stereocenters. The summed E-state index contributed by atoms with van der Waals surface area (Å²) < 4.78 is 75.6. The van der Waals surface area contributed by atoms with Crippen LogP contribution in [0.2, 0.25) is 10.0 Å². The van der Waals surface area contributed by atoms with Crippen LogP contribution < -0.4 is 5.32 Å². The maximum Gasteiger partial charge on any atom is 0.417 e. The second-order valence-corrected chi connectivity index (χ2v) is 12.1. The molecule has 4 nitrogen and oxygen atoms in total. The molecule has 1 N–H and O–H groups in total. The fourth-order valence-electron chi connectivity index (χ4n) is 4.97. The average molecular weight is 741 g/mol. The molecule has 13 heteroatoms. The standard InChI is InChI=1S/C18H13ClF3NO.C10H9ClO.C8H4ClF3O/c19-12-7-5-11(6-8-12)13-9-10-16(13)23-17(24)14-3-1-2-4-15(14)18(20,21)22;11-8-3-1-7(2-4-8)9-5-6-10(9)12;9-7(13)5-3-1-2-4-6(5)8(10,11)12/h1-8H,9-10H2,(H,23,24);1-4,9H,5-6H2;1-4H. The Labute approximate surface area is 292 Å². The largest absolute Gasteiger partial charge is 0.417 e. The molecule has 1 atom stereocenters. The minimum absolute atomic E-state index is 0.155. The van der Waals surface area contributed by atoms with E-state index in [1.54, 1.807) is 12.1 Å². The number of amides is 1. The first-order valence-electron chi connectivity index (χ1n) is 14.7. The van der Waals surface area contributed by atoms with Gasteiger partial charge >= 0.3 is 12.4 Å². The second-order valence-electron chi connectivity index (χ2n) is 10.9. The topological polar surface area (TPSA) is 63.2 Å². The van der Waals surface area contributed by atoms with E-state index < -0.39 is 40.2 Å². The van der Waals surface area contributed by atoms with E-state index in [9.17, 15) is 40.7 Å². The zero-order valence-electron chi connectivity index (χ0n) is 25.3. The first-order chi connectivity index (χ1) is 23.1. The molecule has 0 aromatic heterocycles. The summed E-state index contributed by atoms with van der Waals surface area (Å²) in [6.45, 7) is 0. The maximum atomic E-state index is 13.0. The first kappa shape index (κ1) is 37.7. The van der Waals surface area contributed by atoms with Crippen LogP contribution in [0.4, 0.5) is 26.3 Å². The van der Waals surface area contributed by atoms with Crippen molar-refractivity contribution in [2.75, 3.05) is 0 Å². The summed E-state index contributed by atoms with van der Waals surface area (Å²) in [4.78, 5) is 33.9. The number of alkyl halides is 6. The van der Waals surface area contributed by atoms with Gasteiger partial charge in [-0.05, 0) is 96.1 Å². The quantitative estimate of drug-likeness (QED) is 0.164. The monoisotopic (exact) mass is 739 g/mol.